The standard InChI is InChI=1S/C10H13NO3S/c1-7-2-3-10(15-7)11-8(4-12)5-14-6-9(11)13/h2-3,8,12H,4-6H2,1H3. The Hall–Kier alpha value is -0.910. The van der Waals surface area contributed by atoms with Gasteiger partial charge in [0.2, 0.25) is 0 Å². The minimum absolute atomic E-state index is 0.0668. The van der Waals surface area contributed by atoms with Crippen LogP contribution in [0.25, 0.3) is 0 Å². The van der Waals surface area contributed by atoms with Crippen molar-refractivity contribution in [1.82, 2.24) is 0 Å². The van der Waals surface area contributed by atoms with Crippen LogP contribution in [0.2, 0.25) is 0 Å². The summed E-state index contributed by atoms with van der Waals surface area (Å²) >= 11 is 1.56. The molecule has 1 aromatic heterocycles. The van der Waals surface area contributed by atoms with Gasteiger partial charge in [-0.1, -0.05) is 0 Å². The topological polar surface area (TPSA) is 49.8 Å². The number of ether oxygens (including phenoxy) is 1. The molecular weight excluding hydrogens is 214 g/mol. The zero-order valence-electron chi connectivity index (χ0n) is 8.47. The van der Waals surface area contributed by atoms with E-state index >= 15 is 0 Å². The first kappa shape index (κ1) is 10.6. The van der Waals surface area contributed by atoms with Gasteiger partial charge in [0.25, 0.3) is 5.91 Å². The number of hydrogen-bond acceptors (Lipinski definition) is 4. The van der Waals surface area contributed by atoms with Gasteiger partial charge in [0.05, 0.1) is 24.3 Å². The number of rotatable bonds is 2. The molecule has 2 heterocycles. The van der Waals surface area contributed by atoms with Crippen molar-refractivity contribution in [1.29, 1.82) is 0 Å². The van der Waals surface area contributed by atoms with E-state index in [1.165, 1.54) is 0 Å². The van der Waals surface area contributed by atoms with Gasteiger partial charge in [-0.3, -0.25) is 9.69 Å². The highest BCUT2D eigenvalue weighted by Crippen LogP contribution is 2.28. The number of aliphatic hydroxyl groups excluding tert-OH is 1. The molecular formula is C10H13NO3S. The van der Waals surface area contributed by atoms with Gasteiger partial charge in [-0.05, 0) is 19.1 Å². The molecule has 1 fully saturated rings. The van der Waals surface area contributed by atoms with Crippen LogP contribution in [0.3, 0.4) is 0 Å². The molecule has 1 saturated heterocycles. The molecule has 1 amide bonds. The molecule has 0 spiro atoms. The second kappa shape index (κ2) is 4.30. The number of nitrogens with zero attached hydrogens (tertiary/aromatic N) is 1. The molecule has 0 radical (unpaired) electrons. The van der Waals surface area contributed by atoms with E-state index < -0.39 is 0 Å². The minimum Gasteiger partial charge on any atom is -0.394 e. The number of carbonyl (C=O) groups excluding carboxylic acids is 1. The maximum Gasteiger partial charge on any atom is 0.254 e. The van der Waals surface area contributed by atoms with Crippen LogP contribution in [0.5, 0.6) is 0 Å². The lowest BCUT2D eigenvalue weighted by Crippen LogP contribution is -2.51. The molecule has 0 bridgehead atoms. The third-order valence-electron chi connectivity index (χ3n) is 2.34. The maximum atomic E-state index is 11.7. The molecule has 1 aliphatic heterocycles. The van der Waals surface area contributed by atoms with Crippen molar-refractivity contribution in [3.63, 3.8) is 0 Å². The summed E-state index contributed by atoms with van der Waals surface area (Å²) in [6.45, 7) is 2.43. The average molecular weight is 227 g/mol. The first-order chi connectivity index (χ1) is 7.22. The molecule has 1 aliphatic rings. The van der Waals surface area contributed by atoms with E-state index in [4.69, 9.17) is 4.74 Å². The van der Waals surface area contributed by atoms with E-state index in [0.29, 0.717) is 6.61 Å². The number of aliphatic hydroxyl groups is 1. The van der Waals surface area contributed by atoms with Gasteiger partial charge in [-0.2, -0.15) is 0 Å². The van der Waals surface area contributed by atoms with Gasteiger partial charge in [0.1, 0.15) is 6.61 Å². The molecule has 0 saturated carbocycles. The van der Waals surface area contributed by atoms with Crippen molar-refractivity contribution >= 4 is 22.2 Å². The average Bonchev–Trinajstić information content (AvgIpc) is 2.64. The van der Waals surface area contributed by atoms with Crippen LogP contribution >= 0.6 is 11.3 Å². The number of hydrogen-bond donors (Lipinski definition) is 1. The fourth-order valence-electron chi connectivity index (χ4n) is 1.62. The Morgan fingerprint density at radius 3 is 3.07 bits per heavy atom. The number of morpholine rings is 1. The fraction of sp³-hybridized carbons (Fsp3) is 0.500. The Balaban J connectivity index is 2.26. The third-order valence-corrected chi connectivity index (χ3v) is 3.34. The van der Waals surface area contributed by atoms with Crippen molar-refractivity contribution in [2.75, 3.05) is 24.7 Å². The first-order valence-corrected chi connectivity index (χ1v) is 5.61. The number of aryl methyl sites for hydroxylation is 1. The summed E-state index contributed by atoms with van der Waals surface area (Å²) in [7, 11) is 0. The molecule has 4 nitrogen and oxygen atoms in total. The van der Waals surface area contributed by atoms with Gasteiger partial charge in [0.15, 0.2) is 0 Å². The smallest absolute Gasteiger partial charge is 0.254 e. The summed E-state index contributed by atoms with van der Waals surface area (Å²) in [5.41, 5.74) is 0. The molecule has 0 aliphatic carbocycles. The molecule has 1 N–H and O–H groups in total. The predicted molar refractivity (Wildman–Crippen MR) is 58.2 cm³/mol. The van der Waals surface area contributed by atoms with Gasteiger partial charge in [-0.15, -0.1) is 11.3 Å². The van der Waals surface area contributed by atoms with E-state index in [1.54, 1.807) is 16.2 Å². The van der Waals surface area contributed by atoms with Crippen molar-refractivity contribution in [3.8, 4) is 0 Å². The maximum absolute atomic E-state index is 11.7. The highest BCUT2D eigenvalue weighted by molar-refractivity contribution is 7.16. The van der Waals surface area contributed by atoms with Crippen molar-refractivity contribution < 1.29 is 14.6 Å². The summed E-state index contributed by atoms with van der Waals surface area (Å²) in [5.74, 6) is -0.0813. The van der Waals surface area contributed by atoms with Crippen LogP contribution in [-0.2, 0) is 9.53 Å². The van der Waals surface area contributed by atoms with Crippen LogP contribution in [0.4, 0.5) is 5.00 Å². The van der Waals surface area contributed by atoms with E-state index in [1.807, 2.05) is 19.1 Å². The van der Waals surface area contributed by atoms with Gasteiger partial charge < -0.3 is 9.84 Å². The fourth-order valence-corrected chi connectivity index (χ4v) is 2.57. The SMILES string of the molecule is Cc1ccc(N2C(=O)COCC2CO)s1. The number of carbonyl (C=O) groups is 1. The van der Waals surface area contributed by atoms with Crippen LogP contribution in [0.15, 0.2) is 12.1 Å². The molecule has 1 atom stereocenters. The summed E-state index contributed by atoms with van der Waals surface area (Å²) in [5, 5.41) is 10.1. The Bertz CT molecular complexity index is 363. The highest BCUT2D eigenvalue weighted by Gasteiger charge is 2.30. The monoisotopic (exact) mass is 227 g/mol. The van der Waals surface area contributed by atoms with E-state index in [9.17, 15) is 9.90 Å². The molecule has 5 heteroatoms. The first-order valence-electron chi connectivity index (χ1n) is 4.79. The lowest BCUT2D eigenvalue weighted by atomic mass is 10.2. The molecule has 2 rings (SSSR count). The Labute approximate surface area is 92.1 Å². The second-order valence-corrected chi connectivity index (χ2v) is 4.77. The molecule has 82 valence electrons. The lowest BCUT2D eigenvalue weighted by molar-refractivity contribution is -0.128. The Morgan fingerprint density at radius 1 is 1.67 bits per heavy atom. The van der Waals surface area contributed by atoms with Crippen LogP contribution in [-0.4, -0.2) is 36.9 Å². The zero-order chi connectivity index (χ0) is 10.8. The predicted octanol–water partition coefficient (Wildman–Crippen LogP) is 0.781. The Morgan fingerprint density at radius 2 is 2.47 bits per heavy atom. The number of anilines is 1. The van der Waals surface area contributed by atoms with Gasteiger partial charge >= 0.3 is 0 Å². The zero-order valence-corrected chi connectivity index (χ0v) is 9.29. The Kier molecular flexibility index (Phi) is 3.04. The van der Waals surface area contributed by atoms with E-state index in [2.05, 4.69) is 0 Å². The molecule has 15 heavy (non-hydrogen) atoms. The summed E-state index contributed by atoms with van der Waals surface area (Å²) in [4.78, 5) is 14.5. The van der Waals surface area contributed by atoms with Crippen molar-refractivity contribution in [2.24, 2.45) is 0 Å². The normalized spacial score (nSPS) is 22.1. The minimum atomic E-state index is -0.246. The molecule has 0 aromatic carbocycles. The summed E-state index contributed by atoms with van der Waals surface area (Å²) in [6.07, 6.45) is 0. The second-order valence-electron chi connectivity index (χ2n) is 3.50. The van der Waals surface area contributed by atoms with Crippen LogP contribution in [0.1, 0.15) is 4.88 Å². The number of amides is 1. The molecule has 1 aromatic rings. The molecule has 1 unspecified atom stereocenters. The van der Waals surface area contributed by atoms with E-state index in [0.717, 1.165) is 9.88 Å². The largest absolute Gasteiger partial charge is 0.394 e. The van der Waals surface area contributed by atoms with E-state index in [-0.39, 0.29) is 25.2 Å². The number of thiophene rings is 1. The summed E-state index contributed by atoms with van der Waals surface area (Å²) < 4.78 is 5.10. The van der Waals surface area contributed by atoms with Crippen molar-refractivity contribution in [2.45, 2.75) is 13.0 Å². The lowest BCUT2D eigenvalue weighted by Gasteiger charge is -2.33. The highest BCUT2D eigenvalue weighted by atomic mass is 32.1. The van der Waals surface area contributed by atoms with Gasteiger partial charge in [-0.25, -0.2) is 0 Å². The van der Waals surface area contributed by atoms with Gasteiger partial charge in [0, 0.05) is 4.88 Å². The summed E-state index contributed by atoms with van der Waals surface area (Å²) in [6, 6.07) is 3.63. The van der Waals surface area contributed by atoms with Crippen molar-refractivity contribution in [3.05, 3.63) is 17.0 Å². The van der Waals surface area contributed by atoms with Crippen LogP contribution in [0, 0.1) is 6.92 Å². The third kappa shape index (κ3) is 2.04. The van der Waals surface area contributed by atoms with Crippen LogP contribution < -0.4 is 4.90 Å². The quantitative estimate of drug-likeness (QED) is 0.812.